The van der Waals surface area contributed by atoms with E-state index in [1.54, 1.807) is 0 Å². The first-order valence-electron chi connectivity index (χ1n) is 7.62. The van der Waals surface area contributed by atoms with Gasteiger partial charge in [0.05, 0.1) is 12.2 Å². The lowest BCUT2D eigenvalue weighted by molar-refractivity contribution is 0.365. The fourth-order valence-electron chi connectivity index (χ4n) is 3.03. The molecular formula is C16H23N5. The van der Waals surface area contributed by atoms with Crippen molar-refractivity contribution in [1.29, 1.82) is 0 Å². The maximum atomic E-state index is 4.65. The van der Waals surface area contributed by atoms with Crippen molar-refractivity contribution in [2.24, 2.45) is 0 Å². The number of nitrogens with zero attached hydrogens (tertiary/aromatic N) is 5. The van der Waals surface area contributed by atoms with Crippen LogP contribution in [0.15, 0.2) is 12.4 Å². The minimum absolute atomic E-state index is 0.513. The van der Waals surface area contributed by atoms with Gasteiger partial charge in [-0.25, -0.2) is 9.97 Å². The van der Waals surface area contributed by atoms with Crippen LogP contribution in [-0.4, -0.2) is 32.8 Å². The Balaban J connectivity index is 1.74. The summed E-state index contributed by atoms with van der Waals surface area (Å²) in [6, 6.07) is 0.513. The van der Waals surface area contributed by atoms with Gasteiger partial charge in [0, 0.05) is 30.5 Å². The molecule has 2 aromatic heterocycles. The summed E-state index contributed by atoms with van der Waals surface area (Å²) in [4.78, 5) is 11.5. The molecule has 1 fully saturated rings. The van der Waals surface area contributed by atoms with Crippen molar-refractivity contribution in [3.8, 4) is 0 Å². The summed E-state index contributed by atoms with van der Waals surface area (Å²) in [6.45, 7) is 10.3. The molecule has 0 unspecified atom stereocenters. The molecule has 1 aliphatic rings. The average molecular weight is 285 g/mol. The standard InChI is InChI=1S/C16H23N5/c1-11-9-17-21(10-11)15-5-7-20(8-6-15)16-12(2)13(3)18-14(4)19-16/h9-10,15H,5-8H2,1-4H3. The van der Waals surface area contributed by atoms with E-state index in [-0.39, 0.29) is 0 Å². The van der Waals surface area contributed by atoms with Crippen molar-refractivity contribution in [1.82, 2.24) is 19.7 Å². The molecule has 3 rings (SSSR count). The maximum absolute atomic E-state index is 4.65. The van der Waals surface area contributed by atoms with E-state index in [9.17, 15) is 0 Å². The predicted octanol–water partition coefficient (Wildman–Crippen LogP) is 2.75. The van der Waals surface area contributed by atoms with E-state index in [4.69, 9.17) is 0 Å². The summed E-state index contributed by atoms with van der Waals surface area (Å²) in [6.07, 6.45) is 6.31. The molecule has 0 radical (unpaired) electrons. The number of aryl methyl sites for hydroxylation is 3. The van der Waals surface area contributed by atoms with Gasteiger partial charge in [-0.05, 0) is 46.1 Å². The molecule has 5 nitrogen and oxygen atoms in total. The van der Waals surface area contributed by atoms with E-state index in [0.717, 1.165) is 43.3 Å². The average Bonchev–Trinajstić information content (AvgIpc) is 2.90. The Hall–Kier alpha value is -1.91. The number of anilines is 1. The first-order chi connectivity index (χ1) is 10.0. The molecule has 5 heteroatoms. The molecule has 21 heavy (non-hydrogen) atoms. The molecule has 112 valence electrons. The number of rotatable bonds is 2. The van der Waals surface area contributed by atoms with Gasteiger partial charge in [-0.1, -0.05) is 0 Å². The van der Waals surface area contributed by atoms with Crippen LogP contribution < -0.4 is 4.90 Å². The topological polar surface area (TPSA) is 46.8 Å². The molecular weight excluding hydrogens is 262 g/mol. The molecule has 1 saturated heterocycles. The van der Waals surface area contributed by atoms with E-state index in [2.05, 4.69) is 51.6 Å². The van der Waals surface area contributed by atoms with Crippen molar-refractivity contribution >= 4 is 5.82 Å². The highest BCUT2D eigenvalue weighted by atomic mass is 15.3. The lowest BCUT2D eigenvalue weighted by atomic mass is 10.0. The minimum Gasteiger partial charge on any atom is -0.356 e. The molecule has 0 saturated carbocycles. The van der Waals surface area contributed by atoms with Gasteiger partial charge in [-0.2, -0.15) is 5.10 Å². The quantitative estimate of drug-likeness (QED) is 0.851. The Morgan fingerprint density at radius 3 is 2.38 bits per heavy atom. The Kier molecular flexibility index (Phi) is 3.66. The minimum atomic E-state index is 0.513. The molecule has 0 atom stereocenters. The van der Waals surface area contributed by atoms with Crippen LogP contribution in [0.1, 0.15) is 41.5 Å². The van der Waals surface area contributed by atoms with Crippen molar-refractivity contribution < 1.29 is 0 Å². The highest BCUT2D eigenvalue weighted by Crippen LogP contribution is 2.27. The maximum Gasteiger partial charge on any atom is 0.135 e. The second-order valence-electron chi connectivity index (χ2n) is 6.02. The zero-order valence-electron chi connectivity index (χ0n) is 13.3. The normalized spacial score (nSPS) is 16.5. The SMILES string of the molecule is Cc1cnn(C2CCN(c3nc(C)nc(C)c3C)CC2)c1. The highest BCUT2D eigenvalue weighted by molar-refractivity contribution is 5.48. The summed E-state index contributed by atoms with van der Waals surface area (Å²) in [5, 5.41) is 4.46. The summed E-state index contributed by atoms with van der Waals surface area (Å²) in [5.74, 6) is 1.97. The van der Waals surface area contributed by atoms with Gasteiger partial charge >= 0.3 is 0 Å². The first-order valence-corrected chi connectivity index (χ1v) is 7.62. The summed E-state index contributed by atoms with van der Waals surface area (Å²) in [5.41, 5.74) is 3.52. The molecule has 3 heterocycles. The van der Waals surface area contributed by atoms with E-state index in [1.807, 2.05) is 13.1 Å². The summed E-state index contributed by atoms with van der Waals surface area (Å²) < 4.78 is 2.12. The smallest absolute Gasteiger partial charge is 0.135 e. The van der Waals surface area contributed by atoms with Gasteiger partial charge in [-0.15, -0.1) is 0 Å². The van der Waals surface area contributed by atoms with Gasteiger partial charge < -0.3 is 4.90 Å². The second kappa shape index (κ2) is 5.47. The predicted molar refractivity (Wildman–Crippen MR) is 83.7 cm³/mol. The van der Waals surface area contributed by atoms with Crippen LogP contribution in [0.25, 0.3) is 0 Å². The third-order valence-corrected chi connectivity index (χ3v) is 4.34. The van der Waals surface area contributed by atoms with E-state index < -0.39 is 0 Å². The van der Waals surface area contributed by atoms with Crippen LogP contribution in [0, 0.1) is 27.7 Å². The van der Waals surface area contributed by atoms with Gasteiger partial charge in [-0.3, -0.25) is 4.68 Å². The summed E-state index contributed by atoms with van der Waals surface area (Å²) in [7, 11) is 0. The Morgan fingerprint density at radius 1 is 1.05 bits per heavy atom. The Morgan fingerprint density at radius 2 is 1.76 bits per heavy atom. The Labute approximate surface area is 126 Å². The van der Waals surface area contributed by atoms with Crippen LogP contribution in [0.4, 0.5) is 5.82 Å². The molecule has 2 aromatic rings. The van der Waals surface area contributed by atoms with E-state index >= 15 is 0 Å². The lowest BCUT2D eigenvalue weighted by Crippen LogP contribution is -2.36. The molecule has 0 aliphatic carbocycles. The van der Waals surface area contributed by atoms with Gasteiger partial charge in [0.1, 0.15) is 11.6 Å². The number of aromatic nitrogens is 4. The molecule has 1 aliphatic heterocycles. The fraction of sp³-hybridized carbons (Fsp3) is 0.562. The highest BCUT2D eigenvalue weighted by Gasteiger charge is 2.23. The monoisotopic (exact) mass is 285 g/mol. The molecule has 0 N–H and O–H groups in total. The van der Waals surface area contributed by atoms with Gasteiger partial charge in [0.15, 0.2) is 0 Å². The van der Waals surface area contributed by atoms with Crippen LogP contribution in [0.2, 0.25) is 0 Å². The zero-order valence-corrected chi connectivity index (χ0v) is 13.3. The largest absolute Gasteiger partial charge is 0.356 e. The first kappa shape index (κ1) is 14.0. The van der Waals surface area contributed by atoms with Gasteiger partial charge in [0.2, 0.25) is 0 Å². The van der Waals surface area contributed by atoms with Gasteiger partial charge in [0.25, 0.3) is 0 Å². The number of hydrogen-bond acceptors (Lipinski definition) is 4. The van der Waals surface area contributed by atoms with Crippen molar-refractivity contribution in [2.75, 3.05) is 18.0 Å². The van der Waals surface area contributed by atoms with E-state index in [1.165, 1.54) is 11.1 Å². The Bertz CT molecular complexity index is 638. The fourth-order valence-corrected chi connectivity index (χ4v) is 3.03. The number of hydrogen-bond donors (Lipinski definition) is 0. The van der Waals surface area contributed by atoms with Crippen LogP contribution in [0.3, 0.4) is 0 Å². The van der Waals surface area contributed by atoms with E-state index in [0.29, 0.717) is 6.04 Å². The third kappa shape index (κ3) is 2.77. The van der Waals surface area contributed by atoms with Crippen LogP contribution >= 0.6 is 0 Å². The van der Waals surface area contributed by atoms with Crippen LogP contribution in [-0.2, 0) is 0 Å². The molecule has 0 aromatic carbocycles. The second-order valence-corrected chi connectivity index (χ2v) is 6.02. The molecule has 0 bridgehead atoms. The lowest BCUT2D eigenvalue weighted by Gasteiger charge is -2.34. The zero-order chi connectivity index (χ0) is 15.0. The molecule has 0 amide bonds. The van der Waals surface area contributed by atoms with Crippen molar-refractivity contribution in [2.45, 2.75) is 46.6 Å². The summed E-state index contributed by atoms with van der Waals surface area (Å²) >= 11 is 0. The number of piperidine rings is 1. The third-order valence-electron chi connectivity index (χ3n) is 4.34. The van der Waals surface area contributed by atoms with Crippen molar-refractivity contribution in [3.63, 3.8) is 0 Å². The molecule has 0 spiro atoms. The van der Waals surface area contributed by atoms with Crippen LogP contribution in [0.5, 0.6) is 0 Å². The van der Waals surface area contributed by atoms with Crippen molar-refractivity contribution in [3.05, 3.63) is 35.0 Å².